The first-order valence-electron chi connectivity index (χ1n) is 53.1. The molecule has 0 radical (unpaired) electrons. The van der Waals surface area contributed by atoms with Gasteiger partial charge < -0.3 is 91.9 Å². The number of aromatic nitrogens is 1. The van der Waals surface area contributed by atoms with Crippen LogP contribution in [0.15, 0.2) is 102 Å². The van der Waals surface area contributed by atoms with E-state index >= 15 is 0 Å². The monoisotopic (exact) mass is 2020 g/mol. The Bertz CT molecular complexity index is 4680. The summed E-state index contributed by atoms with van der Waals surface area (Å²) in [6.45, 7) is 19.2. The van der Waals surface area contributed by atoms with Crippen molar-refractivity contribution in [2.75, 3.05) is 101 Å². The highest BCUT2D eigenvalue weighted by molar-refractivity contribution is 7.07. The summed E-state index contributed by atoms with van der Waals surface area (Å²) in [5, 5.41) is 85.4. The number of hydrogen-bond donors (Lipinski definition) is 12. The summed E-state index contributed by atoms with van der Waals surface area (Å²) in [5.74, 6) is 8.37. The van der Waals surface area contributed by atoms with Gasteiger partial charge in [0.05, 0.1) is 71.3 Å². The summed E-state index contributed by atoms with van der Waals surface area (Å²) >= 11 is 1.32. The molecule has 9 amide bonds. The van der Waals surface area contributed by atoms with Crippen LogP contribution in [0.5, 0.6) is 0 Å². The van der Waals surface area contributed by atoms with E-state index in [1.807, 2.05) is 126 Å². The van der Waals surface area contributed by atoms with Crippen molar-refractivity contribution >= 4 is 64.5 Å². The topological polar surface area (TPSA) is 380 Å². The number of rotatable bonds is 61. The van der Waals surface area contributed by atoms with Crippen molar-refractivity contribution in [3.05, 3.63) is 124 Å². The molecule has 1 heterocycles. The smallest absolute Gasteiger partial charge is 0.244 e. The molecule has 0 spiro atoms. The number of likely N-dealkylation sites (N-methyl/N-ethyl adjacent to an activating group) is 6. The fraction of sp³-hybridized carbons (Fsp3) is 0.638. The van der Waals surface area contributed by atoms with Gasteiger partial charge in [0, 0.05) is 116 Å². The Kier molecular flexibility index (Phi) is 60.7. The number of carbonyl (C=O) groups excluding carboxylic acids is 9. The number of amides is 9. The molecule has 4 aromatic rings. The van der Waals surface area contributed by atoms with Gasteiger partial charge in [-0.2, -0.15) is 0 Å². The number of carbonyl (C=O) groups is 9. The molecular weight excluding hydrogens is 1850 g/mol. The minimum absolute atomic E-state index is 0.0267. The van der Waals surface area contributed by atoms with Crippen LogP contribution in [0.3, 0.4) is 0 Å². The predicted octanol–water partition coefficient (Wildman–Crippen LogP) is 10.7. The highest BCUT2D eigenvalue weighted by Gasteiger charge is 2.43. The quantitative estimate of drug-likeness (QED) is 0.0183. The molecule has 0 saturated heterocycles. The number of nitrogens with one attached hydrogen (secondary N) is 6. The molecule has 3 aromatic carbocycles. The average Bonchev–Trinajstić information content (AvgIpc) is 1.82. The Hall–Kier alpha value is -10.5. The lowest BCUT2D eigenvalue weighted by Crippen LogP contribution is -2.57. The van der Waals surface area contributed by atoms with E-state index in [0.717, 1.165) is 146 Å². The van der Waals surface area contributed by atoms with Gasteiger partial charge in [-0.05, 0) is 145 Å². The molecule has 3 aliphatic carbocycles. The third-order valence-corrected chi connectivity index (χ3v) is 29.8. The zero-order valence-electron chi connectivity index (χ0n) is 88.5. The third-order valence-electron chi connectivity index (χ3n) is 29.2. The van der Waals surface area contributed by atoms with E-state index in [1.165, 1.54) is 11.3 Å². The lowest BCUT2D eigenvalue weighted by Gasteiger charge is -2.34. The lowest BCUT2D eigenvalue weighted by molar-refractivity contribution is -0.137. The first kappa shape index (κ1) is 125. The molecule has 798 valence electrons. The fourth-order valence-electron chi connectivity index (χ4n) is 19.2. The van der Waals surface area contributed by atoms with Gasteiger partial charge in [0.1, 0.15) is 36.4 Å². The van der Waals surface area contributed by atoms with E-state index in [1.54, 1.807) is 46.7 Å². The van der Waals surface area contributed by atoms with Crippen LogP contribution >= 0.6 is 11.3 Å². The number of thiazole rings is 1. The van der Waals surface area contributed by atoms with E-state index in [0.29, 0.717) is 108 Å². The average molecular weight is 2020 g/mol. The van der Waals surface area contributed by atoms with Gasteiger partial charge in [-0.25, -0.2) is 4.98 Å². The van der Waals surface area contributed by atoms with Crippen LogP contribution in [0.25, 0.3) is 0 Å². The molecule has 3 saturated carbocycles. The van der Waals surface area contributed by atoms with Gasteiger partial charge in [-0.1, -0.05) is 235 Å². The van der Waals surface area contributed by atoms with Gasteiger partial charge in [-0.15, -0.1) is 79.5 Å². The summed E-state index contributed by atoms with van der Waals surface area (Å²) in [6.07, 6.45) is 47.2. The van der Waals surface area contributed by atoms with E-state index in [9.17, 15) is 73.8 Å². The second-order valence-electron chi connectivity index (χ2n) is 39.9. The number of nitrogens with zero attached hydrogens (tertiary/aromatic N) is 7. The van der Waals surface area contributed by atoms with Crippen molar-refractivity contribution < 1.29 is 73.8 Å². The molecule has 7 rings (SSSR count). The second-order valence-corrected chi connectivity index (χ2v) is 40.6. The number of terminal acetylenes is 6. The number of hydrogen-bond acceptors (Lipinski definition) is 20. The van der Waals surface area contributed by atoms with Crippen molar-refractivity contribution in [2.24, 2.45) is 47.3 Å². The van der Waals surface area contributed by atoms with Gasteiger partial charge in [-0.3, -0.25) is 43.2 Å². The van der Waals surface area contributed by atoms with Crippen LogP contribution in [0.4, 0.5) is 0 Å². The van der Waals surface area contributed by atoms with E-state index in [2.05, 4.69) is 108 Å². The number of benzene rings is 3. The summed E-state index contributed by atoms with van der Waals surface area (Å²) in [5.41, 5.74) is 4.73. The van der Waals surface area contributed by atoms with E-state index < -0.39 is 144 Å². The third kappa shape index (κ3) is 45.4. The Morgan fingerprint density at radius 3 is 0.938 bits per heavy atom. The molecule has 29 heteroatoms. The maximum absolute atomic E-state index is 14.3. The van der Waals surface area contributed by atoms with Gasteiger partial charge in [0.2, 0.25) is 53.2 Å². The molecule has 145 heavy (non-hydrogen) atoms. The summed E-state index contributed by atoms with van der Waals surface area (Å²) in [6, 6.07) is 22.7. The minimum Gasteiger partial charge on any atom is -0.390 e. The summed E-state index contributed by atoms with van der Waals surface area (Å²) in [7, 11) is 9.19. The molecular formula is C116H173N13O15S. The van der Waals surface area contributed by atoms with Crippen molar-refractivity contribution in [1.29, 1.82) is 0 Å². The van der Waals surface area contributed by atoms with Crippen molar-refractivity contribution in [2.45, 2.75) is 326 Å². The first-order valence-corrected chi connectivity index (χ1v) is 54.0. The highest BCUT2D eigenvalue weighted by Crippen LogP contribution is 2.34. The fourth-order valence-corrected chi connectivity index (χ4v) is 19.8. The van der Waals surface area contributed by atoms with Crippen molar-refractivity contribution in [3.8, 4) is 74.1 Å². The van der Waals surface area contributed by atoms with Crippen LogP contribution in [0.1, 0.15) is 256 Å². The van der Waals surface area contributed by atoms with Crippen LogP contribution in [0, 0.1) is 121 Å². The Morgan fingerprint density at radius 2 is 0.676 bits per heavy atom. The molecule has 0 bridgehead atoms. The van der Waals surface area contributed by atoms with E-state index in [-0.39, 0.29) is 75.0 Å². The molecule has 1 aromatic heterocycles. The number of aliphatic hydroxyl groups excluding tert-OH is 6. The molecule has 28 nitrogen and oxygen atoms in total. The molecule has 18 atom stereocenters. The zero-order chi connectivity index (χ0) is 107. The predicted molar refractivity (Wildman–Crippen MR) is 576 cm³/mol. The largest absolute Gasteiger partial charge is 0.390 e. The van der Waals surface area contributed by atoms with E-state index in [4.69, 9.17) is 38.5 Å². The zero-order valence-corrected chi connectivity index (χ0v) is 89.3. The molecule has 3 aliphatic rings. The van der Waals surface area contributed by atoms with Crippen LogP contribution in [-0.2, 0) is 62.4 Å². The molecule has 0 aliphatic heterocycles. The molecule has 3 fully saturated rings. The minimum atomic E-state index is -1.28. The number of aliphatic hydroxyl groups is 6. The van der Waals surface area contributed by atoms with Crippen molar-refractivity contribution in [3.63, 3.8) is 0 Å². The maximum Gasteiger partial charge on any atom is 0.244 e. The Morgan fingerprint density at radius 1 is 0.379 bits per heavy atom. The normalized spacial score (nSPS) is 17.1. The lowest BCUT2D eigenvalue weighted by atomic mass is 9.82. The molecule has 3 unspecified atom stereocenters. The van der Waals surface area contributed by atoms with Crippen LogP contribution in [0.2, 0.25) is 0 Å². The Labute approximate surface area is 871 Å². The van der Waals surface area contributed by atoms with Gasteiger partial charge in [0.25, 0.3) is 0 Å². The summed E-state index contributed by atoms with van der Waals surface area (Å²) in [4.78, 5) is 140. The van der Waals surface area contributed by atoms with Crippen LogP contribution < -0.4 is 31.9 Å². The SMILES string of the molecule is C#CCC[C@H](O)[C@H](O)[C@H](CC1CCCCC1)NC(=O)[C@@H](NC(=O)[C@@H](CC(=O)N(C)CCN(C)CC)Cc1ccccc1)C(C#C)CC.C#CCC[C@H](O)[C@H](O)[C@H](CC1CCCCC1)NC(=O)[C@@H](NC(=O)[C@@H](CC(=O)N(C)CCN(C)CC)Cc1ccccc1)C(C#C)c1cscn1.C#CCC[C@H](O)[C@H](O)[C@H](CC1CCCCC1)NC(=O)[C@@H](NC(=O)[C@@H](CC(=O)N(C)CCN(CC)CC)Cc1ccccc1)C(C#C)CC. The van der Waals surface area contributed by atoms with Gasteiger partial charge >= 0.3 is 0 Å². The van der Waals surface area contributed by atoms with Crippen LogP contribution in [-0.4, -0.2) is 292 Å². The van der Waals surface area contributed by atoms with Crippen molar-refractivity contribution in [1.82, 2.24) is 66.3 Å². The maximum atomic E-state index is 14.3. The first-order chi connectivity index (χ1) is 69.7. The standard InChI is InChI=1S/C39H55N5O5S.C39H60N4O5.C38H58N4O5/c1-6-9-20-34(45)37(47)32(24-29-18-14-11-15-19-29)41-39(49)36(31(7-2)33-26-50-27-40-33)42-38(48)30(23-28-16-12-10-13-17-28)25-35(46)44(5)22-21-43(4)8-3;1-7-12-23-34(44)37(46)33(27-30-21-17-14-18-22-30)40-39(48)36(31(8-2)9-3)41-38(47)32(26-29-19-15-13-16-20-29)28-35(45)42(6)24-25-43(10-4)11-5;1-7-11-22-33(43)36(45)32(26-29-20-16-13-17-21-29)39-38(47)35(30(8-2)9-3)40-37(46)31(25-28-18-14-12-15-19-28)27-34(44)42(6)24-23-41(5)10-4/h1-2,10,12-13,16-17,26-27,29-32,34,36-37,45,47H,8-9,11,14-15,18-25H2,3-5H3,(H,41,49)(H,42,48);1-2,13,15-16,19-20,30-34,36-37,44,46H,9-12,14,17-18,21-28H2,3-6H3,(H,40,48)(H,41,47);1-2,12,14-15,18-19,29-33,35-36,43,45H,9-11,13,16-17,20-27H2,3-6H3,(H,39,47)(H,40,46)/t30-,31?,32+,34+,36+,37-;31?,32-,33+,34+,36+,37-;30?,31-,32+,33+,35+,36-/m111/s1. The Balaban J connectivity index is 0.000000383. The second kappa shape index (κ2) is 70.4. The summed E-state index contributed by atoms with van der Waals surface area (Å²) < 4.78 is 0. The van der Waals surface area contributed by atoms with Gasteiger partial charge in [0.15, 0.2) is 0 Å². The highest BCUT2D eigenvalue weighted by atomic mass is 32.1. The molecule has 12 N–H and O–H groups in total.